The molecule has 1 aliphatic rings. The summed E-state index contributed by atoms with van der Waals surface area (Å²) in [7, 11) is 1.14. The molecule has 0 radical (unpaired) electrons. The Kier molecular flexibility index (Phi) is 4.19. The summed E-state index contributed by atoms with van der Waals surface area (Å²) in [5, 5.41) is 8.76. The van der Waals surface area contributed by atoms with Gasteiger partial charge in [-0.2, -0.15) is 0 Å². The quantitative estimate of drug-likeness (QED) is 0.539. The second kappa shape index (κ2) is 5.42. The van der Waals surface area contributed by atoms with Crippen molar-refractivity contribution in [2.45, 2.75) is 12.8 Å². The summed E-state index contributed by atoms with van der Waals surface area (Å²) in [5.41, 5.74) is 0. The molecule has 1 amide bonds. The minimum Gasteiger partial charge on any atom is -0.469 e. The summed E-state index contributed by atoms with van der Waals surface area (Å²) >= 11 is 0. The Hall–Kier alpha value is -1.92. The minimum absolute atomic E-state index is 0.00385. The molecule has 7 nitrogen and oxygen atoms in total. The molecule has 0 aliphatic carbocycles. The highest BCUT2D eigenvalue weighted by Crippen LogP contribution is 2.15. The Labute approximate surface area is 97.3 Å². The van der Waals surface area contributed by atoms with Crippen LogP contribution in [0.3, 0.4) is 0 Å². The van der Waals surface area contributed by atoms with Gasteiger partial charge in [-0.15, -0.1) is 0 Å². The number of amides is 1. The Morgan fingerprint density at radius 2 is 2.12 bits per heavy atom. The predicted octanol–water partition coefficient (Wildman–Crippen LogP) is -0.312. The summed E-state index contributed by atoms with van der Waals surface area (Å²) in [6.45, 7) is -0.0832. The van der Waals surface area contributed by atoms with Crippen molar-refractivity contribution >= 4 is 23.6 Å². The fraction of sp³-hybridized carbons (Fsp3) is 0.600. The number of esters is 1. The molecular weight excluding hydrogens is 230 g/mol. The normalized spacial score (nSPS) is 19.9. The lowest BCUT2D eigenvalue weighted by Crippen LogP contribution is -2.46. The maximum atomic E-state index is 11.6. The van der Waals surface area contributed by atoms with Crippen molar-refractivity contribution in [3.05, 3.63) is 0 Å². The molecule has 0 saturated carbocycles. The maximum absolute atomic E-state index is 11.6. The molecule has 0 spiro atoms. The molecule has 1 atom stereocenters. The van der Waals surface area contributed by atoms with E-state index in [0.717, 1.165) is 12.0 Å². The SMILES string of the molecule is COC(=O)CC(=O)C1CN(C(=O)O)CCC1=O. The lowest BCUT2D eigenvalue weighted by Gasteiger charge is -2.28. The molecule has 0 bridgehead atoms. The number of rotatable bonds is 3. The van der Waals surface area contributed by atoms with E-state index in [0.29, 0.717) is 0 Å². The van der Waals surface area contributed by atoms with Gasteiger partial charge in [0, 0.05) is 19.5 Å². The van der Waals surface area contributed by atoms with Crippen LogP contribution in [0.25, 0.3) is 0 Å². The molecule has 94 valence electrons. The van der Waals surface area contributed by atoms with Gasteiger partial charge >= 0.3 is 12.1 Å². The largest absolute Gasteiger partial charge is 0.469 e. The van der Waals surface area contributed by atoms with Crippen molar-refractivity contribution in [3.8, 4) is 0 Å². The number of carboxylic acid groups (broad SMARTS) is 1. The summed E-state index contributed by atoms with van der Waals surface area (Å²) in [6.07, 6.45) is -1.67. The van der Waals surface area contributed by atoms with Gasteiger partial charge in [0.15, 0.2) is 5.78 Å². The molecule has 0 aromatic carbocycles. The number of ketones is 2. The number of likely N-dealkylation sites (tertiary alicyclic amines) is 1. The molecule has 1 N–H and O–H groups in total. The molecule has 1 saturated heterocycles. The van der Waals surface area contributed by atoms with Gasteiger partial charge in [0.25, 0.3) is 0 Å². The third kappa shape index (κ3) is 3.27. The van der Waals surface area contributed by atoms with Crippen molar-refractivity contribution < 1.29 is 29.0 Å². The van der Waals surface area contributed by atoms with E-state index in [9.17, 15) is 19.2 Å². The molecule has 0 aromatic heterocycles. The Morgan fingerprint density at radius 3 is 2.65 bits per heavy atom. The number of Topliss-reactive ketones (excluding diaryl/α,β-unsaturated/α-hetero) is 2. The molecular formula is C10H13NO6. The molecule has 1 heterocycles. The summed E-state index contributed by atoms with van der Waals surface area (Å²) in [6, 6.07) is 0. The van der Waals surface area contributed by atoms with E-state index in [1.165, 1.54) is 0 Å². The van der Waals surface area contributed by atoms with E-state index in [1.54, 1.807) is 0 Å². The summed E-state index contributed by atoms with van der Waals surface area (Å²) in [5.74, 6) is -2.68. The molecule has 0 aromatic rings. The first-order valence-corrected chi connectivity index (χ1v) is 5.05. The summed E-state index contributed by atoms with van der Waals surface area (Å²) < 4.78 is 4.32. The van der Waals surface area contributed by atoms with Gasteiger partial charge < -0.3 is 14.7 Å². The van der Waals surface area contributed by atoms with E-state index < -0.39 is 30.2 Å². The van der Waals surface area contributed by atoms with E-state index in [-0.39, 0.29) is 25.3 Å². The zero-order valence-corrected chi connectivity index (χ0v) is 9.34. The number of carbonyl (C=O) groups is 4. The van der Waals surface area contributed by atoms with Crippen LogP contribution in [0.4, 0.5) is 4.79 Å². The maximum Gasteiger partial charge on any atom is 0.407 e. The van der Waals surface area contributed by atoms with Crippen LogP contribution >= 0.6 is 0 Å². The van der Waals surface area contributed by atoms with Crippen LogP contribution in [-0.2, 0) is 19.1 Å². The third-order valence-electron chi connectivity index (χ3n) is 2.63. The molecule has 1 aliphatic heterocycles. The Morgan fingerprint density at radius 1 is 1.47 bits per heavy atom. The molecule has 1 unspecified atom stereocenters. The van der Waals surface area contributed by atoms with E-state index in [1.807, 2.05) is 0 Å². The Bertz CT molecular complexity index is 364. The van der Waals surface area contributed by atoms with Gasteiger partial charge in [0.2, 0.25) is 0 Å². The number of methoxy groups -OCH3 is 1. The highest BCUT2D eigenvalue weighted by Gasteiger charge is 2.35. The average molecular weight is 243 g/mol. The fourth-order valence-corrected chi connectivity index (χ4v) is 1.63. The second-order valence-electron chi connectivity index (χ2n) is 3.72. The predicted molar refractivity (Wildman–Crippen MR) is 54.4 cm³/mol. The van der Waals surface area contributed by atoms with Crippen LogP contribution in [0.5, 0.6) is 0 Å². The van der Waals surface area contributed by atoms with Crippen LogP contribution in [0, 0.1) is 5.92 Å². The lowest BCUT2D eigenvalue weighted by molar-refractivity contribution is -0.145. The van der Waals surface area contributed by atoms with Crippen molar-refractivity contribution in [1.82, 2.24) is 4.90 Å². The highest BCUT2D eigenvalue weighted by atomic mass is 16.5. The van der Waals surface area contributed by atoms with Crippen LogP contribution in [-0.4, -0.2) is 53.8 Å². The fourth-order valence-electron chi connectivity index (χ4n) is 1.63. The van der Waals surface area contributed by atoms with Gasteiger partial charge in [-0.05, 0) is 0 Å². The van der Waals surface area contributed by atoms with Crippen LogP contribution in [0.1, 0.15) is 12.8 Å². The first-order chi connectivity index (χ1) is 7.95. The summed E-state index contributed by atoms with van der Waals surface area (Å²) in [4.78, 5) is 45.7. The van der Waals surface area contributed by atoms with Gasteiger partial charge in [0.1, 0.15) is 12.2 Å². The second-order valence-corrected chi connectivity index (χ2v) is 3.72. The zero-order chi connectivity index (χ0) is 13.0. The number of nitrogens with zero attached hydrogens (tertiary/aromatic N) is 1. The van der Waals surface area contributed by atoms with Crippen LogP contribution in [0.2, 0.25) is 0 Å². The number of hydrogen-bond donors (Lipinski definition) is 1. The van der Waals surface area contributed by atoms with Crippen LogP contribution < -0.4 is 0 Å². The first-order valence-electron chi connectivity index (χ1n) is 5.05. The van der Waals surface area contributed by atoms with Gasteiger partial charge in [-0.1, -0.05) is 0 Å². The molecule has 1 rings (SSSR count). The van der Waals surface area contributed by atoms with Crippen molar-refractivity contribution in [2.24, 2.45) is 5.92 Å². The highest BCUT2D eigenvalue weighted by molar-refractivity contribution is 6.08. The smallest absolute Gasteiger partial charge is 0.407 e. The molecule has 1 fully saturated rings. The van der Waals surface area contributed by atoms with Crippen molar-refractivity contribution in [2.75, 3.05) is 20.2 Å². The Balaban J connectivity index is 2.66. The van der Waals surface area contributed by atoms with Crippen molar-refractivity contribution in [1.29, 1.82) is 0 Å². The monoisotopic (exact) mass is 243 g/mol. The van der Waals surface area contributed by atoms with E-state index in [4.69, 9.17) is 5.11 Å². The lowest BCUT2D eigenvalue weighted by atomic mass is 9.91. The van der Waals surface area contributed by atoms with E-state index >= 15 is 0 Å². The van der Waals surface area contributed by atoms with Gasteiger partial charge in [0.05, 0.1) is 13.0 Å². The minimum atomic E-state index is -1.17. The van der Waals surface area contributed by atoms with Crippen LogP contribution in [0.15, 0.2) is 0 Å². The molecule has 7 heteroatoms. The first kappa shape index (κ1) is 13.1. The standard InChI is InChI=1S/C10H13NO6/c1-17-9(14)4-8(13)6-5-11(10(15)16)3-2-7(6)12/h6H,2-5H2,1H3,(H,15,16). The topological polar surface area (TPSA) is 101 Å². The van der Waals surface area contributed by atoms with E-state index in [2.05, 4.69) is 4.74 Å². The zero-order valence-electron chi connectivity index (χ0n) is 9.34. The number of ether oxygens (including phenoxy) is 1. The molecule has 17 heavy (non-hydrogen) atoms. The van der Waals surface area contributed by atoms with Gasteiger partial charge in [-0.3, -0.25) is 14.4 Å². The van der Waals surface area contributed by atoms with Crippen molar-refractivity contribution in [3.63, 3.8) is 0 Å². The number of carbonyl (C=O) groups excluding carboxylic acids is 3. The average Bonchev–Trinajstić information content (AvgIpc) is 2.28. The number of hydrogen-bond acceptors (Lipinski definition) is 5. The van der Waals surface area contributed by atoms with Gasteiger partial charge in [-0.25, -0.2) is 4.79 Å². The number of piperidine rings is 1. The third-order valence-corrected chi connectivity index (χ3v) is 2.63.